The molecule has 0 radical (unpaired) electrons. The molecule has 0 spiro atoms. The number of carbonyl (C=O) groups is 1. The minimum absolute atomic E-state index is 0.165. The van der Waals surface area contributed by atoms with Gasteiger partial charge in [0, 0.05) is 11.6 Å². The number of esters is 1. The average Bonchev–Trinajstić information content (AvgIpc) is 2.55. The molecule has 1 heterocycles. The number of aryl methyl sites for hydroxylation is 1. The lowest BCUT2D eigenvalue weighted by atomic mass is 10.1. The Balaban J connectivity index is 2.49. The molecule has 0 fully saturated rings. The van der Waals surface area contributed by atoms with Gasteiger partial charge in [-0.1, -0.05) is 30.1 Å². The molecule has 4 nitrogen and oxygen atoms in total. The topological polar surface area (TPSA) is 52.1 Å². The highest BCUT2D eigenvalue weighted by atomic mass is 35.5. The number of benzene rings is 1. The van der Waals surface area contributed by atoms with Crippen molar-refractivity contribution in [2.45, 2.75) is 20.3 Å². The molecule has 0 amide bonds. The third-order valence-electron chi connectivity index (χ3n) is 3.22. The van der Waals surface area contributed by atoms with E-state index in [-0.39, 0.29) is 22.9 Å². The van der Waals surface area contributed by atoms with Crippen molar-refractivity contribution in [1.82, 2.24) is 9.97 Å². The van der Waals surface area contributed by atoms with Gasteiger partial charge in [0.15, 0.2) is 0 Å². The quantitative estimate of drug-likeness (QED) is 0.565. The first-order chi connectivity index (χ1) is 11.5. The van der Waals surface area contributed by atoms with Gasteiger partial charge < -0.3 is 4.74 Å². The fourth-order valence-corrected chi connectivity index (χ4v) is 2.61. The van der Waals surface area contributed by atoms with Crippen molar-refractivity contribution >= 4 is 35.2 Å². The van der Waals surface area contributed by atoms with Crippen LogP contribution >= 0.6 is 23.2 Å². The number of nitrogens with zero attached hydrogens (tertiary/aromatic N) is 2. The second-order valence-corrected chi connectivity index (χ2v) is 5.56. The van der Waals surface area contributed by atoms with Crippen LogP contribution in [0.2, 0.25) is 10.0 Å². The normalized spacial score (nSPS) is 11.0. The summed E-state index contributed by atoms with van der Waals surface area (Å²) in [5.41, 5.74) is 1.54. The van der Waals surface area contributed by atoms with Crippen LogP contribution in [0.3, 0.4) is 0 Å². The molecule has 2 rings (SSSR count). The smallest absolute Gasteiger partial charge is 0.330 e. The number of halogens is 3. The van der Waals surface area contributed by atoms with E-state index in [2.05, 4.69) is 9.97 Å². The SMILES string of the molecule is CCOC(=O)C=Cc1cc(-c2ncnc(CC)c2Cl)c(F)cc1Cl. The fourth-order valence-electron chi connectivity index (χ4n) is 2.06. The van der Waals surface area contributed by atoms with Crippen molar-refractivity contribution in [3.05, 3.63) is 51.7 Å². The maximum atomic E-state index is 14.3. The number of aromatic nitrogens is 2. The van der Waals surface area contributed by atoms with Crippen LogP contribution in [0.15, 0.2) is 24.5 Å². The van der Waals surface area contributed by atoms with Crippen LogP contribution in [0.5, 0.6) is 0 Å². The van der Waals surface area contributed by atoms with E-state index in [1.165, 1.54) is 24.5 Å². The summed E-state index contributed by atoms with van der Waals surface area (Å²) < 4.78 is 19.1. The van der Waals surface area contributed by atoms with E-state index < -0.39 is 11.8 Å². The molecule has 0 aliphatic heterocycles. The minimum atomic E-state index is -0.559. The van der Waals surface area contributed by atoms with Gasteiger partial charge in [0.05, 0.1) is 28.0 Å². The van der Waals surface area contributed by atoms with Gasteiger partial charge in [0.25, 0.3) is 0 Å². The summed E-state index contributed by atoms with van der Waals surface area (Å²) in [7, 11) is 0. The van der Waals surface area contributed by atoms with Crippen molar-refractivity contribution in [3.8, 4) is 11.3 Å². The minimum Gasteiger partial charge on any atom is -0.463 e. The zero-order valence-corrected chi connectivity index (χ0v) is 14.7. The first-order valence-electron chi connectivity index (χ1n) is 7.31. The second kappa shape index (κ2) is 8.22. The van der Waals surface area contributed by atoms with Crippen LogP contribution in [0.25, 0.3) is 17.3 Å². The third kappa shape index (κ3) is 4.10. The molecule has 2 aromatic rings. The number of carbonyl (C=O) groups excluding carboxylic acids is 1. The Hall–Kier alpha value is -1.98. The van der Waals surface area contributed by atoms with Crippen LogP contribution in [0, 0.1) is 5.82 Å². The van der Waals surface area contributed by atoms with E-state index in [9.17, 15) is 9.18 Å². The Morgan fingerprint density at radius 3 is 2.71 bits per heavy atom. The third-order valence-corrected chi connectivity index (χ3v) is 3.95. The number of ether oxygens (including phenoxy) is 1. The molecule has 0 aliphatic rings. The van der Waals surface area contributed by atoms with Gasteiger partial charge >= 0.3 is 5.97 Å². The summed E-state index contributed by atoms with van der Waals surface area (Å²) in [6, 6.07) is 2.65. The lowest BCUT2D eigenvalue weighted by Gasteiger charge is -2.09. The second-order valence-electron chi connectivity index (χ2n) is 4.78. The highest BCUT2D eigenvalue weighted by Gasteiger charge is 2.16. The molecule has 7 heteroatoms. The fraction of sp³-hybridized carbons (Fsp3) is 0.235. The van der Waals surface area contributed by atoms with E-state index in [1.807, 2.05) is 6.92 Å². The van der Waals surface area contributed by atoms with Crippen LogP contribution in [0.4, 0.5) is 4.39 Å². The summed E-state index contributed by atoms with van der Waals surface area (Å²) in [5.74, 6) is -1.07. The highest BCUT2D eigenvalue weighted by molar-refractivity contribution is 6.34. The Kier molecular flexibility index (Phi) is 6.29. The number of hydrogen-bond acceptors (Lipinski definition) is 4. The molecule has 126 valence electrons. The van der Waals surface area contributed by atoms with E-state index in [4.69, 9.17) is 27.9 Å². The molecule has 0 N–H and O–H groups in total. The van der Waals surface area contributed by atoms with Crippen molar-refractivity contribution in [2.24, 2.45) is 0 Å². The molecule has 1 aromatic heterocycles. The molecule has 0 saturated heterocycles. The van der Waals surface area contributed by atoms with E-state index >= 15 is 0 Å². The Morgan fingerprint density at radius 1 is 1.29 bits per heavy atom. The monoisotopic (exact) mass is 368 g/mol. The maximum Gasteiger partial charge on any atom is 0.330 e. The molecule has 24 heavy (non-hydrogen) atoms. The van der Waals surface area contributed by atoms with Gasteiger partial charge in [0.2, 0.25) is 0 Å². The Bertz CT molecular complexity index is 794. The lowest BCUT2D eigenvalue weighted by Crippen LogP contribution is -1.99. The predicted molar refractivity (Wildman–Crippen MR) is 92.5 cm³/mol. The first kappa shape index (κ1) is 18.4. The van der Waals surface area contributed by atoms with Crippen molar-refractivity contribution in [2.75, 3.05) is 6.61 Å². The molecule has 0 unspecified atom stereocenters. The molecule has 0 atom stereocenters. The van der Waals surface area contributed by atoms with Gasteiger partial charge in [0.1, 0.15) is 12.1 Å². The molecule has 0 bridgehead atoms. The molecule has 1 aromatic carbocycles. The van der Waals surface area contributed by atoms with Gasteiger partial charge in [-0.3, -0.25) is 0 Å². The van der Waals surface area contributed by atoms with Crippen molar-refractivity contribution in [1.29, 1.82) is 0 Å². The molecule has 0 aliphatic carbocycles. The van der Waals surface area contributed by atoms with Crippen LogP contribution in [-0.4, -0.2) is 22.5 Å². The number of hydrogen-bond donors (Lipinski definition) is 0. The number of rotatable bonds is 5. The van der Waals surface area contributed by atoms with E-state index in [0.29, 0.717) is 22.7 Å². The van der Waals surface area contributed by atoms with E-state index in [1.54, 1.807) is 6.92 Å². The molecule has 0 saturated carbocycles. The van der Waals surface area contributed by atoms with Gasteiger partial charge in [-0.25, -0.2) is 19.2 Å². The Morgan fingerprint density at radius 2 is 2.04 bits per heavy atom. The predicted octanol–water partition coefficient (Wildman–Crippen LogP) is 4.73. The van der Waals surface area contributed by atoms with Crippen molar-refractivity contribution < 1.29 is 13.9 Å². The summed E-state index contributed by atoms with van der Waals surface area (Å²) >= 11 is 12.3. The molecular formula is C17H15Cl2FN2O2. The summed E-state index contributed by atoms with van der Waals surface area (Å²) in [6.45, 7) is 3.86. The van der Waals surface area contributed by atoms with Gasteiger partial charge in [-0.2, -0.15) is 0 Å². The lowest BCUT2D eigenvalue weighted by molar-refractivity contribution is -0.137. The molecular weight excluding hydrogens is 354 g/mol. The Labute approximate surface area is 149 Å². The van der Waals surface area contributed by atoms with Crippen LogP contribution in [-0.2, 0) is 16.0 Å². The van der Waals surface area contributed by atoms with E-state index in [0.717, 1.165) is 6.07 Å². The van der Waals surface area contributed by atoms with Gasteiger partial charge in [-0.05, 0) is 37.1 Å². The van der Waals surface area contributed by atoms with Crippen LogP contribution < -0.4 is 0 Å². The summed E-state index contributed by atoms with van der Waals surface area (Å²) in [4.78, 5) is 19.6. The van der Waals surface area contributed by atoms with Crippen LogP contribution in [0.1, 0.15) is 25.1 Å². The standard InChI is InChI=1S/C17H15Cl2FN2O2/c1-3-14-16(19)17(22-9-21-14)11-7-10(12(18)8-13(11)20)5-6-15(23)24-4-2/h5-9H,3-4H2,1-2H3. The van der Waals surface area contributed by atoms with Gasteiger partial charge in [-0.15, -0.1) is 0 Å². The maximum absolute atomic E-state index is 14.3. The highest BCUT2D eigenvalue weighted by Crippen LogP contribution is 2.33. The zero-order chi connectivity index (χ0) is 17.7. The largest absolute Gasteiger partial charge is 0.463 e. The zero-order valence-electron chi connectivity index (χ0n) is 13.1. The average molecular weight is 369 g/mol. The summed E-state index contributed by atoms with van der Waals surface area (Å²) in [6.07, 6.45) is 4.62. The first-order valence-corrected chi connectivity index (χ1v) is 8.07. The summed E-state index contributed by atoms with van der Waals surface area (Å²) in [5, 5.41) is 0.458. The van der Waals surface area contributed by atoms with Crippen molar-refractivity contribution in [3.63, 3.8) is 0 Å².